The number of nitrogens with one attached hydrogen (secondary N) is 2. The molecular formula is C21H18F2N2O2. The van der Waals surface area contributed by atoms with Crippen LogP contribution >= 0.6 is 0 Å². The summed E-state index contributed by atoms with van der Waals surface area (Å²) in [4.78, 5) is 24.3. The van der Waals surface area contributed by atoms with E-state index in [1.165, 1.54) is 6.07 Å². The van der Waals surface area contributed by atoms with Crippen LogP contribution in [0.3, 0.4) is 0 Å². The third-order valence-electron chi connectivity index (χ3n) is 4.23. The second kappa shape index (κ2) is 7.95. The minimum absolute atomic E-state index is 0.172. The molecule has 3 aromatic rings. The summed E-state index contributed by atoms with van der Waals surface area (Å²) in [6.07, 6.45) is 0. The van der Waals surface area contributed by atoms with Gasteiger partial charge in [-0.1, -0.05) is 36.4 Å². The van der Waals surface area contributed by atoms with Crippen molar-refractivity contribution >= 4 is 22.6 Å². The van der Waals surface area contributed by atoms with E-state index in [-0.39, 0.29) is 18.0 Å². The first kappa shape index (κ1) is 18.5. The van der Waals surface area contributed by atoms with E-state index in [2.05, 4.69) is 10.6 Å². The van der Waals surface area contributed by atoms with Gasteiger partial charge in [0.2, 0.25) is 5.91 Å². The zero-order chi connectivity index (χ0) is 19.4. The highest BCUT2D eigenvalue weighted by molar-refractivity contribution is 6.00. The van der Waals surface area contributed by atoms with Crippen molar-refractivity contribution in [1.29, 1.82) is 0 Å². The van der Waals surface area contributed by atoms with Crippen molar-refractivity contribution < 1.29 is 18.4 Å². The van der Waals surface area contributed by atoms with Crippen molar-refractivity contribution in [2.75, 3.05) is 6.54 Å². The van der Waals surface area contributed by atoms with Gasteiger partial charge in [0, 0.05) is 17.2 Å². The van der Waals surface area contributed by atoms with Crippen LogP contribution in [-0.2, 0) is 4.79 Å². The molecule has 0 fully saturated rings. The van der Waals surface area contributed by atoms with Crippen LogP contribution in [0.1, 0.15) is 28.9 Å². The Hall–Kier alpha value is -3.28. The normalized spacial score (nSPS) is 11.8. The molecule has 3 rings (SSSR count). The second-order valence-corrected chi connectivity index (χ2v) is 6.20. The summed E-state index contributed by atoms with van der Waals surface area (Å²) in [7, 11) is 0. The molecule has 0 saturated heterocycles. The van der Waals surface area contributed by atoms with Crippen LogP contribution in [0.5, 0.6) is 0 Å². The summed E-state index contributed by atoms with van der Waals surface area (Å²) >= 11 is 0. The zero-order valence-corrected chi connectivity index (χ0v) is 14.6. The molecule has 4 nitrogen and oxygen atoms in total. The van der Waals surface area contributed by atoms with Gasteiger partial charge >= 0.3 is 0 Å². The van der Waals surface area contributed by atoms with Crippen LogP contribution in [0.2, 0.25) is 0 Å². The minimum Gasteiger partial charge on any atom is -0.348 e. The summed E-state index contributed by atoms with van der Waals surface area (Å²) < 4.78 is 26.7. The molecule has 2 amide bonds. The highest BCUT2D eigenvalue weighted by Crippen LogP contribution is 2.18. The van der Waals surface area contributed by atoms with Crippen molar-refractivity contribution in [1.82, 2.24) is 10.6 Å². The maximum Gasteiger partial charge on any atom is 0.251 e. The van der Waals surface area contributed by atoms with E-state index >= 15 is 0 Å². The Labute approximate surface area is 155 Å². The SMILES string of the molecule is C[C@@H](NC(=O)CNC(=O)c1ccc2ccccc2c1)c1ccc(F)cc1F. The van der Waals surface area contributed by atoms with Gasteiger partial charge < -0.3 is 10.6 Å². The summed E-state index contributed by atoms with van der Waals surface area (Å²) in [5.74, 6) is -2.27. The molecule has 0 unspecified atom stereocenters. The average molecular weight is 368 g/mol. The number of fused-ring (bicyclic) bond motifs is 1. The maximum absolute atomic E-state index is 13.8. The van der Waals surface area contributed by atoms with Gasteiger partial charge in [-0.15, -0.1) is 0 Å². The van der Waals surface area contributed by atoms with E-state index in [9.17, 15) is 18.4 Å². The standard InChI is InChI=1S/C21H18F2N2O2/c1-13(18-9-8-17(22)11-19(18)23)25-20(26)12-24-21(27)16-7-6-14-4-2-3-5-15(14)10-16/h2-11,13H,12H2,1H3,(H,24,27)(H,25,26)/t13-/m1/s1. The molecule has 0 aliphatic carbocycles. The number of halogens is 2. The highest BCUT2D eigenvalue weighted by Gasteiger charge is 2.15. The third kappa shape index (κ3) is 4.47. The minimum atomic E-state index is -0.733. The Morgan fingerprint density at radius 2 is 1.70 bits per heavy atom. The molecule has 138 valence electrons. The number of hydrogen-bond acceptors (Lipinski definition) is 2. The lowest BCUT2D eigenvalue weighted by Gasteiger charge is -2.15. The van der Waals surface area contributed by atoms with Gasteiger partial charge in [0.1, 0.15) is 11.6 Å². The number of rotatable bonds is 5. The number of carbonyl (C=O) groups excluding carboxylic acids is 2. The Bertz CT molecular complexity index is 1000. The summed E-state index contributed by atoms with van der Waals surface area (Å²) in [5, 5.41) is 7.06. The Kier molecular flexibility index (Phi) is 5.45. The van der Waals surface area contributed by atoms with E-state index < -0.39 is 23.6 Å². The van der Waals surface area contributed by atoms with E-state index in [0.29, 0.717) is 5.56 Å². The van der Waals surface area contributed by atoms with Gasteiger partial charge in [-0.05, 0) is 35.9 Å². The highest BCUT2D eigenvalue weighted by atomic mass is 19.1. The van der Waals surface area contributed by atoms with Gasteiger partial charge in [0.15, 0.2) is 0 Å². The van der Waals surface area contributed by atoms with Gasteiger partial charge in [-0.3, -0.25) is 9.59 Å². The smallest absolute Gasteiger partial charge is 0.251 e. The Balaban J connectivity index is 1.58. The predicted molar refractivity (Wildman–Crippen MR) is 99.2 cm³/mol. The molecule has 0 aliphatic rings. The van der Waals surface area contributed by atoms with Crippen LogP contribution < -0.4 is 10.6 Å². The first-order valence-electron chi connectivity index (χ1n) is 8.45. The summed E-state index contributed by atoms with van der Waals surface area (Å²) in [6.45, 7) is 1.33. The maximum atomic E-state index is 13.8. The van der Waals surface area contributed by atoms with E-state index in [0.717, 1.165) is 22.9 Å². The second-order valence-electron chi connectivity index (χ2n) is 6.20. The largest absolute Gasteiger partial charge is 0.348 e. The van der Waals surface area contributed by atoms with Crippen LogP contribution in [-0.4, -0.2) is 18.4 Å². The van der Waals surface area contributed by atoms with Crippen molar-refractivity contribution in [3.05, 3.63) is 83.4 Å². The first-order chi connectivity index (χ1) is 12.9. The number of amides is 2. The molecular weight excluding hydrogens is 350 g/mol. The van der Waals surface area contributed by atoms with Crippen molar-refractivity contribution in [2.24, 2.45) is 0 Å². The molecule has 0 aliphatic heterocycles. The number of hydrogen-bond donors (Lipinski definition) is 2. The lowest BCUT2D eigenvalue weighted by molar-refractivity contribution is -0.120. The topological polar surface area (TPSA) is 58.2 Å². The number of carbonyl (C=O) groups is 2. The molecule has 0 saturated carbocycles. The molecule has 0 aromatic heterocycles. The molecule has 6 heteroatoms. The average Bonchev–Trinajstić information content (AvgIpc) is 2.65. The van der Waals surface area contributed by atoms with Crippen LogP contribution in [0, 0.1) is 11.6 Å². The van der Waals surface area contributed by atoms with Crippen molar-refractivity contribution in [2.45, 2.75) is 13.0 Å². The predicted octanol–water partition coefficient (Wildman–Crippen LogP) is 3.73. The van der Waals surface area contributed by atoms with Crippen molar-refractivity contribution in [3.8, 4) is 0 Å². The molecule has 27 heavy (non-hydrogen) atoms. The molecule has 0 bridgehead atoms. The lowest BCUT2D eigenvalue weighted by atomic mass is 10.1. The summed E-state index contributed by atoms with van der Waals surface area (Å²) in [6, 6.07) is 15.4. The van der Waals surface area contributed by atoms with Crippen LogP contribution in [0.15, 0.2) is 60.7 Å². The van der Waals surface area contributed by atoms with Gasteiger partial charge in [0.05, 0.1) is 12.6 Å². The van der Waals surface area contributed by atoms with Gasteiger partial charge in [-0.25, -0.2) is 8.78 Å². The fourth-order valence-corrected chi connectivity index (χ4v) is 2.82. The fraction of sp³-hybridized carbons (Fsp3) is 0.143. The molecule has 2 N–H and O–H groups in total. The quantitative estimate of drug-likeness (QED) is 0.721. The van der Waals surface area contributed by atoms with E-state index in [1.54, 1.807) is 19.1 Å². The molecule has 3 aromatic carbocycles. The van der Waals surface area contributed by atoms with E-state index in [1.807, 2.05) is 30.3 Å². The van der Waals surface area contributed by atoms with Crippen molar-refractivity contribution in [3.63, 3.8) is 0 Å². The van der Waals surface area contributed by atoms with E-state index in [4.69, 9.17) is 0 Å². The Morgan fingerprint density at radius 1 is 0.963 bits per heavy atom. The first-order valence-corrected chi connectivity index (χ1v) is 8.45. The molecule has 0 heterocycles. The third-order valence-corrected chi connectivity index (χ3v) is 4.23. The molecule has 1 atom stereocenters. The Morgan fingerprint density at radius 3 is 2.44 bits per heavy atom. The van der Waals surface area contributed by atoms with Crippen LogP contribution in [0.4, 0.5) is 8.78 Å². The zero-order valence-electron chi connectivity index (χ0n) is 14.6. The summed E-state index contributed by atoms with van der Waals surface area (Å²) in [5.41, 5.74) is 0.615. The van der Waals surface area contributed by atoms with Gasteiger partial charge in [0.25, 0.3) is 5.91 Å². The molecule has 0 spiro atoms. The lowest BCUT2D eigenvalue weighted by Crippen LogP contribution is -2.38. The van der Waals surface area contributed by atoms with Gasteiger partial charge in [-0.2, -0.15) is 0 Å². The van der Waals surface area contributed by atoms with Crippen LogP contribution in [0.25, 0.3) is 10.8 Å². The number of benzene rings is 3. The fourth-order valence-electron chi connectivity index (χ4n) is 2.82. The molecule has 0 radical (unpaired) electrons. The monoisotopic (exact) mass is 368 g/mol.